The Morgan fingerprint density at radius 1 is 0.941 bits per heavy atom. The van der Waals surface area contributed by atoms with Gasteiger partial charge in [-0.15, -0.1) is 0 Å². The number of aliphatic imine (C=N–C) groups is 1. The SMILES string of the molecule is CCC(C(=O)N1CCCN(C2=Nc3ccccc3Oc3ccc(C)cc32)CC1)c1ccccc1. The fraction of sp³-hybridized carbons (Fsp3) is 0.310. The summed E-state index contributed by atoms with van der Waals surface area (Å²) in [7, 11) is 0. The summed E-state index contributed by atoms with van der Waals surface area (Å²) in [6, 6.07) is 24.3. The molecule has 3 aromatic carbocycles. The number of rotatable bonds is 3. The van der Waals surface area contributed by atoms with Crippen LogP contribution in [-0.4, -0.2) is 47.7 Å². The zero-order valence-electron chi connectivity index (χ0n) is 19.9. The number of aryl methyl sites for hydroxylation is 1. The lowest BCUT2D eigenvalue weighted by Crippen LogP contribution is -2.39. The van der Waals surface area contributed by atoms with Crippen molar-refractivity contribution >= 4 is 17.4 Å². The molecular weight excluding hydrogens is 422 g/mol. The molecule has 0 spiro atoms. The second-order valence-corrected chi connectivity index (χ2v) is 9.04. The molecule has 174 valence electrons. The number of benzene rings is 3. The molecule has 1 saturated heterocycles. The summed E-state index contributed by atoms with van der Waals surface area (Å²) in [5.74, 6) is 2.65. The number of para-hydroxylation sites is 2. The van der Waals surface area contributed by atoms with E-state index in [0.717, 1.165) is 66.6 Å². The molecular formula is C29H31N3O2. The summed E-state index contributed by atoms with van der Waals surface area (Å²) in [5.41, 5.74) is 4.11. The highest BCUT2D eigenvalue weighted by atomic mass is 16.5. The fourth-order valence-electron chi connectivity index (χ4n) is 4.89. The van der Waals surface area contributed by atoms with E-state index in [9.17, 15) is 4.79 Å². The molecule has 34 heavy (non-hydrogen) atoms. The first-order valence-electron chi connectivity index (χ1n) is 12.2. The van der Waals surface area contributed by atoms with Gasteiger partial charge in [-0.05, 0) is 49.6 Å². The van der Waals surface area contributed by atoms with Crippen molar-refractivity contribution in [3.05, 3.63) is 89.5 Å². The van der Waals surface area contributed by atoms with Crippen molar-refractivity contribution in [2.45, 2.75) is 32.6 Å². The summed E-state index contributed by atoms with van der Waals surface area (Å²) in [4.78, 5) is 22.9. The minimum absolute atomic E-state index is 0.0911. The van der Waals surface area contributed by atoms with Crippen molar-refractivity contribution in [1.82, 2.24) is 9.80 Å². The number of nitrogens with zero attached hydrogens (tertiary/aromatic N) is 3. The Morgan fingerprint density at radius 2 is 1.74 bits per heavy atom. The molecule has 0 N–H and O–H groups in total. The van der Waals surface area contributed by atoms with E-state index in [2.05, 4.69) is 43.0 Å². The monoisotopic (exact) mass is 453 g/mol. The minimum Gasteiger partial charge on any atom is -0.454 e. The van der Waals surface area contributed by atoms with Crippen molar-refractivity contribution in [1.29, 1.82) is 0 Å². The van der Waals surface area contributed by atoms with Crippen LogP contribution in [0.2, 0.25) is 0 Å². The molecule has 5 rings (SSSR count). The maximum Gasteiger partial charge on any atom is 0.230 e. The van der Waals surface area contributed by atoms with Crippen molar-refractivity contribution < 1.29 is 9.53 Å². The third-order valence-electron chi connectivity index (χ3n) is 6.70. The van der Waals surface area contributed by atoms with Gasteiger partial charge in [0.05, 0.1) is 11.5 Å². The molecule has 0 aromatic heterocycles. The zero-order chi connectivity index (χ0) is 23.5. The van der Waals surface area contributed by atoms with Gasteiger partial charge in [-0.25, -0.2) is 4.99 Å². The van der Waals surface area contributed by atoms with E-state index in [1.165, 1.54) is 5.56 Å². The Balaban J connectivity index is 1.42. The third-order valence-corrected chi connectivity index (χ3v) is 6.70. The number of carbonyl (C=O) groups excluding carboxylic acids is 1. The van der Waals surface area contributed by atoms with Gasteiger partial charge in [-0.2, -0.15) is 0 Å². The standard InChI is InChI=1S/C29H31N3O2/c1-3-23(22-10-5-4-6-11-22)29(33)32-17-9-16-31(18-19-32)28-24-20-21(2)14-15-26(24)34-27-13-8-7-12-25(27)30-28/h4-8,10-15,20,23H,3,9,16-19H2,1-2H3. The topological polar surface area (TPSA) is 45.1 Å². The van der Waals surface area contributed by atoms with Crippen LogP contribution in [0.1, 0.15) is 42.4 Å². The van der Waals surface area contributed by atoms with E-state index in [0.29, 0.717) is 6.54 Å². The summed E-state index contributed by atoms with van der Waals surface area (Å²) in [5, 5.41) is 0. The smallest absolute Gasteiger partial charge is 0.230 e. The number of amidine groups is 1. The number of hydrogen-bond acceptors (Lipinski definition) is 4. The third kappa shape index (κ3) is 4.43. The molecule has 1 unspecified atom stereocenters. The molecule has 2 heterocycles. The molecule has 2 aliphatic heterocycles. The normalized spacial score (nSPS) is 16.4. The lowest BCUT2D eigenvalue weighted by Gasteiger charge is -2.27. The molecule has 1 fully saturated rings. The maximum absolute atomic E-state index is 13.5. The summed E-state index contributed by atoms with van der Waals surface area (Å²) in [6.45, 7) is 7.22. The molecule has 1 amide bonds. The fourth-order valence-corrected chi connectivity index (χ4v) is 4.89. The average molecular weight is 454 g/mol. The van der Waals surface area contributed by atoms with Gasteiger partial charge in [-0.3, -0.25) is 4.79 Å². The molecule has 1 atom stereocenters. The number of carbonyl (C=O) groups is 1. The van der Waals surface area contributed by atoms with Crippen molar-refractivity contribution in [3.63, 3.8) is 0 Å². The van der Waals surface area contributed by atoms with E-state index >= 15 is 0 Å². The second kappa shape index (κ2) is 9.72. The second-order valence-electron chi connectivity index (χ2n) is 9.04. The van der Waals surface area contributed by atoms with Gasteiger partial charge in [0, 0.05) is 26.2 Å². The first-order chi connectivity index (χ1) is 16.6. The van der Waals surface area contributed by atoms with Crippen LogP contribution in [0.4, 0.5) is 5.69 Å². The lowest BCUT2D eigenvalue weighted by atomic mass is 9.95. The highest BCUT2D eigenvalue weighted by Gasteiger charge is 2.29. The van der Waals surface area contributed by atoms with Crippen LogP contribution < -0.4 is 4.74 Å². The van der Waals surface area contributed by atoms with E-state index in [1.807, 2.05) is 53.4 Å². The van der Waals surface area contributed by atoms with Gasteiger partial charge in [0.1, 0.15) is 17.3 Å². The van der Waals surface area contributed by atoms with Crippen molar-refractivity contribution in [2.75, 3.05) is 26.2 Å². The zero-order valence-corrected chi connectivity index (χ0v) is 19.9. The van der Waals surface area contributed by atoms with Crippen LogP contribution in [0.25, 0.3) is 0 Å². The van der Waals surface area contributed by atoms with Gasteiger partial charge in [0.15, 0.2) is 5.75 Å². The van der Waals surface area contributed by atoms with Crippen LogP contribution >= 0.6 is 0 Å². The molecule has 5 nitrogen and oxygen atoms in total. The van der Waals surface area contributed by atoms with Crippen LogP contribution in [-0.2, 0) is 4.79 Å². The van der Waals surface area contributed by atoms with E-state index < -0.39 is 0 Å². The van der Waals surface area contributed by atoms with Crippen LogP contribution in [0.3, 0.4) is 0 Å². The molecule has 0 radical (unpaired) electrons. The quantitative estimate of drug-likeness (QED) is 0.495. The van der Waals surface area contributed by atoms with E-state index in [4.69, 9.17) is 9.73 Å². The largest absolute Gasteiger partial charge is 0.454 e. The Bertz CT molecular complexity index is 1210. The first-order valence-corrected chi connectivity index (χ1v) is 12.2. The molecule has 0 bridgehead atoms. The van der Waals surface area contributed by atoms with Gasteiger partial charge in [0.25, 0.3) is 0 Å². The van der Waals surface area contributed by atoms with Gasteiger partial charge in [0.2, 0.25) is 5.91 Å². The van der Waals surface area contributed by atoms with Crippen molar-refractivity contribution in [2.24, 2.45) is 4.99 Å². The predicted molar refractivity (Wildman–Crippen MR) is 136 cm³/mol. The van der Waals surface area contributed by atoms with Crippen LogP contribution in [0.5, 0.6) is 11.5 Å². The minimum atomic E-state index is -0.0911. The number of fused-ring (bicyclic) bond motifs is 2. The average Bonchev–Trinajstić information content (AvgIpc) is 3.20. The highest BCUT2D eigenvalue weighted by molar-refractivity contribution is 6.04. The number of amides is 1. The summed E-state index contributed by atoms with van der Waals surface area (Å²) >= 11 is 0. The Labute approximate surface area is 201 Å². The molecule has 5 heteroatoms. The highest BCUT2D eigenvalue weighted by Crippen LogP contribution is 2.38. The number of ether oxygens (including phenoxy) is 1. The maximum atomic E-state index is 13.5. The molecule has 3 aromatic rings. The van der Waals surface area contributed by atoms with Crippen LogP contribution in [0, 0.1) is 6.92 Å². The Kier molecular flexibility index (Phi) is 6.35. The predicted octanol–water partition coefficient (Wildman–Crippen LogP) is 5.91. The lowest BCUT2D eigenvalue weighted by molar-refractivity contribution is -0.132. The number of hydrogen-bond donors (Lipinski definition) is 0. The first kappa shape index (κ1) is 22.2. The van der Waals surface area contributed by atoms with E-state index in [-0.39, 0.29) is 11.8 Å². The van der Waals surface area contributed by atoms with Gasteiger partial charge < -0.3 is 14.5 Å². The molecule has 0 aliphatic carbocycles. The van der Waals surface area contributed by atoms with Crippen molar-refractivity contribution in [3.8, 4) is 11.5 Å². The Morgan fingerprint density at radius 3 is 2.56 bits per heavy atom. The van der Waals surface area contributed by atoms with Crippen LogP contribution in [0.15, 0.2) is 77.8 Å². The van der Waals surface area contributed by atoms with Gasteiger partial charge in [-0.1, -0.05) is 61.0 Å². The summed E-state index contributed by atoms with van der Waals surface area (Å²) in [6.07, 6.45) is 1.70. The van der Waals surface area contributed by atoms with Gasteiger partial charge >= 0.3 is 0 Å². The summed E-state index contributed by atoms with van der Waals surface area (Å²) < 4.78 is 6.26. The Hall–Kier alpha value is -3.60. The molecule has 2 aliphatic rings. The molecule has 0 saturated carbocycles. The van der Waals surface area contributed by atoms with E-state index in [1.54, 1.807) is 0 Å².